The standard InChI is InChI=1S/C20H23N5O4/c1-12-13(2)25-19(22-23-20(25)26)21-18(12)24-7-5-14(6-8-24)29-15-3-4-16-17(11-15)28-10-9-27-16/h3-4,11,14H,5-10H2,1-2H3,(H,23,26)/i9D2,10D2. The van der Waals surface area contributed by atoms with Gasteiger partial charge in [0.25, 0.3) is 5.78 Å². The first-order chi connectivity index (χ1) is 15.6. The topological polar surface area (TPSA) is 94.0 Å². The third kappa shape index (κ3) is 3.16. The monoisotopic (exact) mass is 401 g/mol. The number of anilines is 1. The van der Waals surface area contributed by atoms with E-state index in [0.29, 0.717) is 24.6 Å². The Kier molecular flexibility index (Phi) is 3.34. The maximum atomic E-state index is 11.9. The summed E-state index contributed by atoms with van der Waals surface area (Å²) in [7, 11) is 0. The zero-order valence-corrected chi connectivity index (χ0v) is 16.1. The number of aryl methyl sites for hydroxylation is 1. The molecule has 9 nitrogen and oxygen atoms in total. The van der Waals surface area contributed by atoms with Crippen molar-refractivity contribution in [3.63, 3.8) is 0 Å². The summed E-state index contributed by atoms with van der Waals surface area (Å²) in [6.45, 7) is 0.0114. The number of ether oxygens (including phenoxy) is 3. The van der Waals surface area contributed by atoms with Crippen LogP contribution in [0.1, 0.15) is 29.6 Å². The molecule has 0 unspecified atom stereocenters. The second-order valence-electron chi connectivity index (χ2n) is 7.13. The van der Waals surface area contributed by atoms with Crippen LogP contribution >= 0.6 is 0 Å². The van der Waals surface area contributed by atoms with Crippen molar-refractivity contribution in [1.29, 1.82) is 0 Å². The van der Waals surface area contributed by atoms with Crippen molar-refractivity contribution < 1.29 is 19.7 Å². The number of nitrogens with zero attached hydrogens (tertiary/aromatic N) is 4. The molecule has 0 amide bonds. The first-order valence-electron chi connectivity index (χ1n) is 11.4. The number of H-pyrrole nitrogens is 1. The molecule has 0 atom stereocenters. The summed E-state index contributed by atoms with van der Waals surface area (Å²) >= 11 is 0. The molecule has 0 spiro atoms. The van der Waals surface area contributed by atoms with Crippen LogP contribution in [0.3, 0.4) is 0 Å². The SMILES string of the molecule is [2H]C1([2H])Oc2ccc(OC3CCN(c4nc5n[nH]c(=O)n5c(C)c4C)CC3)cc2OC1([2H])[2H]. The van der Waals surface area contributed by atoms with Crippen LogP contribution in [0.25, 0.3) is 5.78 Å². The van der Waals surface area contributed by atoms with E-state index in [1.807, 2.05) is 13.8 Å². The molecule has 152 valence electrons. The molecular formula is C20H23N5O4. The van der Waals surface area contributed by atoms with Crippen LogP contribution in [-0.2, 0) is 0 Å². The summed E-state index contributed by atoms with van der Waals surface area (Å²) < 4.78 is 48.7. The molecule has 0 aliphatic carbocycles. The number of benzene rings is 1. The normalized spacial score (nSPS) is 22.5. The highest BCUT2D eigenvalue weighted by Gasteiger charge is 2.25. The van der Waals surface area contributed by atoms with Gasteiger partial charge in [0.05, 0.1) is 5.48 Å². The van der Waals surface area contributed by atoms with Crippen LogP contribution in [0.2, 0.25) is 0 Å². The van der Waals surface area contributed by atoms with Gasteiger partial charge in [0.2, 0.25) is 0 Å². The molecule has 9 heteroatoms. The first kappa shape index (κ1) is 13.9. The van der Waals surface area contributed by atoms with Gasteiger partial charge in [-0.15, -0.1) is 5.10 Å². The number of aromatic nitrogens is 4. The van der Waals surface area contributed by atoms with Gasteiger partial charge in [-0.3, -0.25) is 0 Å². The zero-order valence-electron chi connectivity index (χ0n) is 20.1. The summed E-state index contributed by atoms with van der Waals surface area (Å²) in [6, 6.07) is 4.70. The number of nitrogens with one attached hydrogen (secondary N) is 1. The zero-order chi connectivity index (χ0) is 23.5. The van der Waals surface area contributed by atoms with Gasteiger partial charge in [0.15, 0.2) is 11.5 Å². The Morgan fingerprint density at radius 3 is 2.76 bits per heavy atom. The van der Waals surface area contributed by atoms with Crippen molar-refractivity contribution in [1.82, 2.24) is 19.6 Å². The fraction of sp³-hybridized carbons (Fsp3) is 0.450. The average Bonchev–Trinajstić information content (AvgIpc) is 3.13. The Morgan fingerprint density at radius 2 is 1.97 bits per heavy atom. The number of fused-ring (bicyclic) bond motifs is 2. The van der Waals surface area contributed by atoms with Crippen molar-refractivity contribution >= 4 is 11.6 Å². The van der Waals surface area contributed by atoms with E-state index < -0.39 is 13.1 Å². The van der Waals surface area contributed by atoms with Gasteiger partial charge in [0.1, 0.15) is 30.8 Å². The van der Waals surface area contributed by atoms with Gasteiger partial charge in [-0.1, -0.05) is 0 Å². The van der Waals surface area contributed by atoms with E-state index in [-0.39, 0.29) is 23.3 Å². The van der Waals surface area contributed by atoms with Gasteiger partial charge in [-0.05, 0) is 26.0 Å². The smallest absolute Gasteiger partial charge is 0.349 e. The molecule has 0 bridgehead atoms. The third-order valence-corrected chi connectivity index (χ3v) is 5.40. The molecular weight excluding hydrogens is 374 g/mol. The molecule has 29 heavy (non-hydrogen) atoms. The molecule has 3 aromatic rings. The molecule has 5 rings (SSSR count). The van der Waals surface area contributed by atoms with Crippen molar-refractivity contribution in [3.05, 3.63) is 39.9 Å². The van der Waals surface area contributed by atoms with E-state index in [2.05, 4.69) is 20.1 Å². The van der Waals surface area contributed by atoms with Crippen molar-refractivity contribution in [2.45, 2.75) is 32.8 Å². The lowest BCUT2D eigenvalue weighted by molar-refractivity contribution is 0.159. The number of piperidine rings is 1. The van der Waals surface area contributed by atoms with Crippen LogP contribution in [0.15, 0.2) is 23.0 Å². The summed E-state index contributed by atoms with van der Waals surface area (Å²) in [5, 5.41) is 6.42. The Hall–Kier alpha value is -3.23. The fourth-order valence-corrected chi connectivity index (χ4v) is 3.74. The second kappa shape index (κ2) is 6.98. The Balaban J connectivity index is 1.28. The van der Waals surface area contributed by atoms with Gasteiger partial charge in [0, 0.05) is 43.3 Å². The van der Waals surface area contributed by atoms with Gasteiger partial charge >= 0.3 is 5.69 Å². The van der Waals surface area contributed by atoms with E-state index in [1.165, 1.54) is 16.5 Å². The van der Waals surface area contributed by atoms with Crippen LogP contribution in [-0.4, -0.2) is 51.9 Å². The minimum absolute atomic E-state index is 0.0647. The van der Waals surface area contributed by atoms with Crippen molar-refractivity contribution in [2.75, 3.05) is 31.1 Å². The third-order valence-electron chi connectivity index (χ3n) is 5.40. The van der Waals surface area contributed by atoms with Crippen molar-refractivity contribution in [2.24, 2.45) is 0 Å². The molecule has 1 N–H and O–H groups in total. The van der Waals surface area contributed by atoms with E-state index in [9.17, 15) is 4.79 Å². The second-order valence-corrected chi connectivity index (χ2v) is 7.13. The average molecular weight is 401 g/mol. The molecule has 2 aliphatic heterocycles. The van der Waals surface area contributed by atoms with Gasteiger partial charge < -0.3 is 19.1 Å². The molecule has 1 aromatic carbocycles. The first-order valence-corrected chi connectivity index (χ1v) is 9.44. The lowest BCUT2D eigenvalue weighted by Crippen LogP contribution is -2.39. The number of rotatable bonds is 3. The summed E-state index contributed by atoms with van der Waals surface area (Å²) in [4.78, 5) is 18.7. The van der Waals surface area contributed by atoms with Crippen LogP contribution in [0.5, 0.6) is 17.2 Å². The Labute approximate surface area is 172 Å². The van der Waals surface area contributed by atoms with E-state index in [0.717, 1.165) is 29.9 Å². The minimum atomic E-state index is -2.62. The highest BCUT2D eigenvalue weighted by molar-refractivity contribution is 5.53. The quantitative estimate of drug-likeness (QED) is 0.716. The van der Waals surface area contributed by atoms with Crippen LogP contribution in [0, 0.1) is 13.8 Å². The number of hydrogen-bond acceptors (Lipinski definition) is 7. The van der Waals surface area contributed by atoms with E-state index >= 15 is 0 Å². The largest absolute Gasteiger partial charge is 0.490 e. The van der Waals surface area contributed by atoms with Crippen molar-refractivity contribution in [3.8, 4) is 17.2 Å². The van der Waals surface area contributed by atoms with Gasteiger partial charge in [-0.25, -0.2) is 14.3 Å². The number of hydrogen-bond donors (Lipinski definition) is 1. The predicted molar refractivity (Wildman–Crippen MR) is 106 cm³/mol. The maximum absolute atomic E-state index is 11.9. The minimum Gasteiger partial charge on any atom is -0.490 e. The molecule has 0 saturated carbocycles. The highest BCUT2D eigenvalue weighted by Crippen LogP contribution is 2.34. The molecule has 0 radical (unpaired) electrons. The molecule has 4 heterocycles. The lowest BCUT2D eigenvalue weighted by atomic mass is 10.1. The van der Waals surface area contributed by atoms with Gasteiger partial charge in [-0.2, -0.15) is 4.98 Å². The lowest BCUT2D eigenvalue weighted by Gasteiger charge is -2.34. The van der Waals surface area contributed by atoms with E-state index in [4.69, 9.17) is 19.7 Å². The fourth-order valence-electron chi connectivity index (χ4n) is 3.74. The summed E-state index contributed by atoms with van der Waals surface area (Å²) in [5.41, 5.74) is 1.42. The maximum Gasteiger partial charge on any atom is 0.349 e. The predicted octanol–water partition coefficient (Wildman–Crippen LogP) is 1.85. The summed E-state index contributed by atoms with van der Waals surface area (Å²) in [5.74, 6) is 1.87. The Bertz CT molecular complexity index is 1280. The van der Waals surface area contributed by atoms with E-state index in [1.54, 1.807) is 6.07 Å². The molecule has 1 fully saturated rings. The molecule has 2 aromatic heterocycles. The summed E-state index contributed by atoms with van der Waals surface area (Å²) in [6.07, 6.45) is 1.40. The molecule has 2 aliphatic rings. The number of aromatic amines is 1. The molecule has 1 saturated heterocycles. The highest BCUT2D eigenvalue weighted by atomic mass is 16.6. The Morgan fingerprint density at radius 1 is 1.21 bits per heavy atom. The van der Waals surface area contributed by atoms with Crippen LogP contribution < -0.4 is 24.8 Å². The van der Waals surface area contributed by atoms with Crippen LogP contribution in [0.4, 0.5) is 5.82 Å².